The Kier molecular flexibility index (Phi) is 5.52. The van der Waals surface area contributed by atoms with E-state index < -0.39 is 0 Å². The number of anilines is 1. The molecule has 30 heavy (non-hydrogen) atoms. The molecule has 0 aliphatic carbocycles. The van der Waals surface area contributed by atoms with Gasteiger partial charge in [0.2, 0.25) is 5.91 Å². The van der Waals surface area contributed by atoms with Crippen molar-refractivity contribution in [2.45, 2.75) is 19.9 Å². The van der Waals surface area contributed by atoms with Gasteiger partial charge in [0.05, 0.1) is 10.2 Å². The standard InChI is InChI=1S/C23H21N3OS3/c1-2-26-12-11-16-19(14-26)30-23(25-20(27)10-9-15-6-5-13-28-15)21(16)22-24-17-7-3-4-8-18(17)29-22/h3-10,13H,2,11-12,14H2,1H3,(H,25,27). The van der Waals surface area contributed by atoms with Crippen LogP contribution in [-0.4, -0.2) is 28.9 Å². The lowest BCUT2D eigenvalue weighted by Crippen LogP contribution is -2.29. The molecule has 1 aromatic carbocycles. The molecule has 0 bridgehead atoms. The molecule has 1 amide bonds. The first-order valence-corrected chi connectivity index (χ1v) is 12.5. The first kappa shape index (κ1) is 19.6. The molecule has 4 heterocycles. The number of carbonyl (C=O) groups is 1. The summed E-state index contributed by atoms with van der Waals surface area (Å²) in [6.07, 6.45) is 4.47. The molecule has 152 valence electrons. The van der Waals surface area contributed by atoms with Crippen molar-refractivity contribution in [2.24, 2.45) is 0 Å². The van der Waals surface area contributed by atoms with Crippen LogP contribution < -0.4 is 5.32 Å². The minimum atomic E-state index is -0.100. The average molecular weight is 452 g/mol. The van der Waals surface area contributed by atoms with Crippen molar-refractivity contribution < 1.29 is 4.79 Å². The van der Waals surface area contributed by atoms with Gasteiger partial charge in [0.25, 0.3) is 0 Å². The summed E-state index contributed by atoms with van der Waals surface area (Å²) in [4.78, 5) is 22.4. The number of benzene rings is 1. The van der Waals surface area contributed by atoms with Crippen LogP contribution in [0.25, 0.3) is 26.9 Å². The van der Waals surface area contributed by atoms with Gasteiger partial charge in [0, 0.05) is 34.5 Å². The van der Waals surface area contributed by atoms with Crippen molar-refractivity contribution in [3.05, 3.63) is 63.2 Å². The third kappa shape index (κ3) is 3.86. The molecule has 0 fully saturated rings. The van der Waals surface area contributed by atoms with Gasteiger partial charge in [-0.15, -0.1) is 34.0 Å². The molecule has 3 aromatic heterocycles. The number of nitrogens with one attached hydrogen (secondary N) is 1. The third-order valence-corrected chi connectivity index (χ3v) is 8.29. The van der Waals surface area contributed by atoms with Crippen molar-refractivity contribution in [3.63, 3.8) is 0 Å². The number of carbonyl (C=O) groups excluding carboxylic acids is 1. The molecular formula is C23H21N3OS3. The molecule has 7 heteroatoms. The van der Waals surface area contributed by atoms with E-state index in [1.54, 1.807) is 40.1 Å². The van der Waals surface area contributed by atoms with E-state index >= 15 is 0 Å². The molecule has 0 saturated heterocycles. The molecular weight excluding hydrogens is 430 g/mol. The maximum atomic E-state index is 12.7. The van der Waals surface area contributed by atoms with Gasteiger partial charge in [-0.1, -0.05) is 25.1 Å². The van der Waals surface area contributed by atoms with E-state index in [0.717, 1.165) is 52.0 Å². The van der Waals surface area contributed by atoms with Gasteiger partial charge < -0.3 is 5.32 Å². The first-order valence-electron chi connectivity index (χ1n) is 9.96. The smallest absolute Gasteiger partial charge is 0.249 e. The predicted octanol–water partition coefficient (Wildman–Crippen LogP) is 6.12. The number of fused-ring (bicyclic) bond motifs is 2. The number of aromatic nitrogens is 1. The molecule has 5 rings (SSSR count). The summed E-state index contributed by atoms with van der Waals surface area (Å²) in [5.41, 5.74) is 3.48. The zero-order chi connectivity index (χ0) is 20.5. The van der Waals surface area contributed by atoms with Crippen molar-refractivity contribution in [2.75, 3.05) is 18.4 Å². The second kappa shape index (κ2) is 8.43. The van der Waals surface area contributed by atoms with Crippen LogP contribution in [-0.2, 0) is 17.8 Å². The molecule has 1 aliphatic rings. The van der Waals surface area contributed by atoms with E-state index in [2.05, 4.69) is 29.3 Å². The molecule has 4 nitrogen and oxygen atoms in total. The summed E-state index contributed by atoms with van der Waals surface area (Å²) < 4.78 is 1.17. The van der Waals surface area contributed by atoms with E-state index in [1.165, 1.54) is 15.1 Å². The number of thiophene rings is 2. The molecule has 0 atom stereocenters. The fourth-order valence-corrected chi connectivity index (χ4v) is 6.74. The Morgan fingerprint density at radius 3 is 2.93 bits per heavy atom. The van der Waals surface area contributed by atoms with E-state index in [9.17, 15) is 4.79 Å². The van der Waals surface area contributed by atoms with Gasteiger partial charge in [-0.25, -0.2) is 4.98 Å². The first-order chi connectivity index (χ1) is 14.7. The normalized spacial score (nSPS) is 14.4. The van der Waals surface area contributed by atoms with Crippen LogP contribution in [0.3, 0.4) is 0 Å². The highest BCUT2D eigenvalue weighted by atomic mass is 32.1. The van der Waals surface area contributed by atoms with Crippen molar-refractivity contribution in [3.8, 4) is 10.6 Å². The summed E-state index contributed by atoms with van der Waals surface area (Å²) in [5.74, 6) is -0.100. The average Bonchev–Trinajstić information content (AvgIpc) is 3.49. The minimum Gasteiger partial charge on any atom is -0.313 e. The van der Waals surface area contributed by atoms with Gasteiger partial charge in [0.1, 0.15) is 10.0 Å². The zero-order valence-corrected chi connectivity index (χ0v) is 19.0. The van der Waals surface area contributed by atoms with Crippen LogP contribution in [0.2, 0.25) is 0 Å². The number of hydrogen-bond acceptors (Lipinski definition) is 6. The van der Waals surface area contributed by atoms with Crippen LogP contribution in [0, 0.1) is 0 Å². The van der Waals surface area contributed by atoms with E-state index in [4.69, 9.17) is 4.98 Å². The number of nitrogens with zero attached hydrogens (tertiary/aromatic N) is 2. The topological polar surface area (TPSA) is 45.2 Å². The number of hydrogen-bond donors (Lipinski definition) is 1. The maximum absolute atomic E-state index is 12.7. The quantitative estimate of drug-likeness (QED) is 0.372. The zero-order valence-electron chi connectivity index (χ0n) is 16.6. The Morgan fingerprint density at radius 2 is 2.13 bits per heavy atom. The summed E-state index contributed by atoms with van der Waals surface area (Å²) in [6, 6.07) is 12.2. The van der Waals surface area contributed by atoms with Crippen molar-refractivity contribution in [1.82, 2.24) is 9.88 Å². The summed E-state index contributed by atoms with van der Waals surface area (Å²) in [6.45, 7) is 5.23. The number of amides is 1. The minimum absolute atomic E-state index is 0.100. The largest absolute Gasteiger partial charge is 0.313 e. The third-order valence-electron chi connectivity index (χ3n) is 5.27. The lowest BCUT2D eigenvalue weighted by Gasteiger charge is -2.25. The summed E-state index contributed by atoms with van der Waals surface area (Å²) in [5, 5.41) is 7.07. The Hall–Kier alpha value is -2.32. The van der Waals surface area contributed by atoms with Gasteiger partial charge in [-0.2, -0.15) is 0 Å². The summed E-state index contributed by atoms with van der Waals surface area (Å²) in [7, 11) is 0. The lowest BCUT2D eigenvalue weighted by molar-refractivity contribution is -0.111. The SMILES string of the molecule is CCN1CCc2c(sc(NC(=O)C=Cc3cccs3)c2-c2nc3ccccc3s2)C1. The highest BCUT2D eigenvalue weighted by molar-refractivity contribution is 7.23. The Bertz CT molecular complexity index is 1190. The number of para-hydroxylation sites is 1. The lowest BCUT2D eigenvalue weighted by atomic mass is 10.0. The highest BCUT2D eigenvalue weighted by Gasteiger charge is 2.27. The van der Waals surface area contributed by atoms with Crippen molar-refractivity contribution >= 4 is 61.2 Å². The monoisotopic (exact) mass is 451 g/mol. The molecule has 0 radical (unpaired) electrons. The molecule has 0 unspecified atom stereocenters. The summed E-state index contributed by atoms with van der Waals surface area (Å²) >= 11 is 5.02. The van der Waals surface area contributed by atoms with Gasteiger partial charge >= 0.3 is 0 Å². The van der Waals surface area contributed by atoms with Gasteiger partial charge in [-0.05, 0) is 48.2 Å². The fraction of sp³-hybridized carbons (Fsp3) is 0.217. The number of likely N-dealkylation sites (N-methyl/N-ethyl adjacent to an activating group) is 1. The second-order valence-electron chi connectivity index (χ2n) is 7.15. The highest BCUT2D eigenvalue weighted by Crippen LogP contribution is 2.45. The van der Waals surface area contributed by atoms with E-state index in [0.29, 0.717) is 0 Å². The number of thiazole rings is 1. The van der Waals surface area contributed by atoms with Crippen molar-refractivity contribution in [1.29, 1.82) is 0 Å². The van der Waals surface area contributed by atoms with Crippen LogP contribution >= 0.6 is 34.0 Å². The Labute approximate surface area is 187 Å². The molecule has 4 aromatic rings. The van der Waals surface area contributed by atoms with Crippen LogP contribution in [0.4, 0.5) is 5.00 Å². The van der Waals surface area contributed by atoms with Crippen LogP contribution in [0.5, 0.6) is 0 Å². The van der Waals surface area contributed by atoms with Gasteiger partial charge in [-0.3, -0.25) is 9.69 Å². The predicted molar refractivity (Wildman–Crippen MR) is 130 cm³/mol. The van der Waals surface area contributed by atoms with Crippen LogP contribution in [0.1, 0.15) is 22.2 Å². The van der Waals surface area contributed by atoms with Crippen LogP contribution in [0.15, 0.2) is 47.9 Å². The van der Waals surface area contributed by atoms with E-state index in [-0.39, 0.29) is 5.91 Å². The Balaban J connectivity index is 1.52. The molecule has 1 aliphatic heterocycles. The van der Waals surface area contributed by atoms with Gasteiger partial charge in [0.15, 0.2) is 0 Å². The van der Waals surface area contributed by atoms with E-state index in [1.807, 2.05) is 35.7 Å². The fourth-order valence-electron chi connectivity index (χ4n) is 3.72. The molecule has 0 spiro atoms. The maximum Gasteiger partial charge on any atom is 0.249 e. The Morgan fingerprint density at radius 1 is 1.23 bits per heavy atom. The molecule has 0 saturated carbocycles. The second-order valence-corrected chi connectivity index (χ2v) is 10.3. The molecule has 1 N–H and O–H groups in total. The number of rotatable bonds is 5.